The molecule has 0 amide bonds. The van der Waals surface area contributed by atoms with Gasteiger partial charge in [-0.3, -0.25) is 0 Å². The van der Waals surface area contributed by atoms with Crippen LogP contribution >= 0.6 is 0 Å². The van der Waals surface area contributed by atoms with E-state index in [9.17, 15) is 1.37 Å². The number of rotatable bonds is 5. The Hall–Kier alpha value is -8.15. The van der Waals surface area contributed by atoms with E-state index < -0.39 is 50.5 Å². The summed E-state index contributed by atoms with van der Waals surface area (Å²) in [7, 11) is 10.3. The molecular weight excluding hydrogens is 1300 g/mol. The van der Waals surface area contributed by atoms with E-state index in [0.29, 0.717) is 58.3 Å². The molecule has 10 bridgehead atoms. The zero-order chi connectivity index (χ0) is 87.7. The second-order valence-electron chi connectivity index (χ2n) is 35.4. The summed E-state index contributed by atoms with van der Waals surface area (Å²) < 4.78 is 131. The molecule has 5 nitrogen and oxygen atoms in total. The van der Waals surface area contributed by atoms with Gasteiger partial charge >= 0.3 is 0 Å². The minimum Gasteiger partial charge on any atom is -0.201 e. The Bertz CT molecular complexity index is 5940. The van der Waals surface area contributed by atoms with E-state index >= 15 is 0 Å². The van der Waals surface area contributed by atoms with Gasteiger partial charge in [-0.2, -0.15) is 0 Å². The van der Waals surface area contributed by atoms with Gasteiger partial charge in [0.15, 0.2) is 31.0 Å². The lowest BCUT2D eigenvalue weighted by Crippen LogP contribution is -2.37. The molecule has 0 N–H and O–H groups in total. The molecule has 11 aliphatic carbocycles. The van der Waals surface area contributed by atoms with E-state index in [1.165, 1.54) is 82.4 Å². The van der Waals surface area contributed by atoms with Gasteiger partial charge in [0.05, 0.1) is 0 Å². The van der Waals surface area contributed by atoms with Crippen molar-refractivity contribution in [1.29, 1.82) is 0 Å². The average Bonchev–Trinajstić information content (AvgIpc) is 1.46. The lowest BCUT2D eigenvalue weighted by molar-refractivity contribution is -0.661. The standard InChI is InChI=1S/2C22H28N.3C19H22N.CH4/c2*1-14-7-8-16(15(2)11-14)20-12-17-18-9-10-22(5,21(18,3)4)19(17)13-23(20)6;2*1-12-4-7-16(13(2)8-12)19-10-17-14-5-6-15(9-14)18(17)11-20(19)3;1-12-4-5-17(13(2)6-12)19-10-18-15-7-14(8-15)9-16(18)11-20(19)3;/h2*7-8,11-13,18H,9-10H2,1-6H3;2*4,7-8,10-11,14-15H,5-6,9H2,1-3H3;4-6,10-11,14-15H,7-9H2,1-3H3;1H4/q5*+1;/i1D3,18D;;1D3,14D,15D;;1D3,9D2,15D;. The smallest absolute Gasteiger partial charge is 0.201 e. The Morgan fingerprint density at radius 2 is 0.738 bits per heavy atom. The van der Waals surface area contributed by atoms with E-state index in [4.69, 9.17) is 19.2 Å². The zero-order valence-corrected chi connectivity index (χ0v) is 66.5. The highest BCUT2D eigenvalue weighted by molar-refractivity contribution is 5.69. The summed E-state index contributed by atoms with van der Waals surface area (Å²) in [6.07, 6.45) is 21.5. The molecule has 0 radical (unpaired) electrons. The largest absolute Gasteiger partial charge is 0.212 e. The summed E-state index contributed by atoms with van der Waals surface area (Å²) in [6, 6.07) is 40.5. The molecular formula is C102H126N5+5. The van der Waals surface area contributed by atoms with Gasteiger partial charge in [-0.15, -0.1) is 0 Å². The molecule has 5 fully saturated rings. The number of benzene rings is 5. The van der Waals surface area contributed by atoms with Gasteiger partial charge in [-0.1, -0.05) is 137 Å². The summed E-state index contributed by atoms with van der Waals surface area (Å²) in [6.45, 7) is 22.4. The van der Waals surface area contributed by atoms with Crippen LogP contribution in [0.25, 0.3) is 56.3 Å². The molecule has 0 aliphatic heterocycles. The fourth-order valence-corrected chi connectivity index (χ4v) is 21.4. The minimum atomic E-state index is -2.14. The molecule has 5 heterocycles. The van der Waals surface area contributed by atoms with Crippen molar-refractivity contribution in [3.8, 4) is 56.3 Å². The Morgan fingerprint density at radius 1 is 0.355 bits per heavy atom. The molecule has 11 aliphatic rings. The monoisotopic (exact) mass is 1440 g/mol. The Kier molecular flexibility index (Phi) is 14.9. The molecule has 0 spiro atoms. The van der Waals surface area contributed by atoms with Gasteiger partial charge in [0.2, 0.25) is 28.5 Å². The van der Waals surface area contributed by atoms with Gasteiger partial charge in [-0.05, 0) is 296 Å². The number of fused-ring (bicyclic) bond motifs is 20. The molecule has 5 heteroatoms. The summed E-state index contributed by atoms with van der Waals surface area (Å²) >= 11 is 0. The summed E-state index contributed by atoms with van der Waals surface area (Å²) in [5.41, 5.74) is 33.4. The van der Waals surface area contributed by atoms with Crippen LogP contribution < -0.4 is 22.8 Å². The maximum atomic E-state index is 9.30. The first-order valence-corrected chi connectivity index (χ1v) is 39.4. The van der Waals surface area contributed by atoms with Crippen molar-refractivity contribution in [3.05, 3.63) is 264 Å². The third kappa shape index (κ3) is 12.4. The van der Waals surface area contributed by atoms with Crippen molar-refractivity contribution in [2.45, 2.75) is 254 Å². The van der Waals surface area contributed by atoms with Crippen LogP contribution in [0, 0.1) is 85.8 Å². The quantitative estimate of drug-likeness (QED) is 0.153. The maximum absolute atomic E-state index is 9.30. The van der Waals surface area contributed by atoms with Gasteiger partial charge in [0.25, 0.3) is 0 Å². The van der Waals surface area contributed by atoms with Crippen LogP contribution in [0.5, 0.6) is 0 Å². The summed E-state index contributed by atoms with van der Waals surface area (Å²) in [5, 5.41) is 0. The van der Waals surface area contributed by atoms with Crippen molar-refractivity contribution in [2.24, 2.45) is 52.0 Å². The highest BCUT2D eigenvalue weighted by atomic mass is 15.0. The predicted molar refractivity (Wildman–Crippen MR) is 443 cm³/mol. The molecule has 554 valence electrons. The first kappa shape index (κ1) is 57.9. The van der Waals surface area contributed by atoms with Crippen LogP contribution in [0.4, 0.5) is 0 Å². The fraction of sp³-hybridized carbons (Fsp3) is 0.461. The van der Waals surface area contributed by atoms with Crippen LogP contribution in [-0.4, -0.2) is 0 Å². The molecule has 5 aromatic heterocycles. The van der Waals surface area contributed by atoms with Gasteiger partial charge in [-0.25, -0.2) is 22.8 Å². The third-order valence-electron chi connectivity index (χ3n) is 28.4. The first-order valence-electron chi connectivity index (χ1n) is 46.9. The topological polar surface area (TPSA) is 19.4 Å². The Morgan fingerprint density at radius 3 is 1.23 bits per heavy atom. The lowest BCUT2D eigenvalue weighted by Gasteiger charge is -2.41. The maximum Gasteiger partial charge on any atom is 0.212 e. The number of aromatic nitrogens is 5. The molecule has 8 unspecified atom stereocenters. The van der Waals surface area contributed by atoms with Crippen molar-refractivity contribution in [3.63, 3.8) is 0 Å². The number of hydrogen-bond acceptors (Lipinski definition) is 0. The first-order chi connectivity index (χ1) is 56.2. The van der Waals surface area contributed by atoms with Crippen LogP contribution in [-0.2, 0) is 52.4 Å². The van der Waals surface area contributed by atoms with Crippen LogP contribution in [0.1, 0.15) is 299 Å². The highest BCUT2D eigenvalue weighted by Gasteiger charge is 2.62. The molecule has 21 rings (SSSR count). The lowest BCUT2D eigenvalue weighted by atomic mass is 9.63. The molecule has 8 atom stereocenters. The highest BCUT2D eigenvalue weighted by Crippen LogP contribution is 2.69. The normalized spacial score (nSPS) is 30.4. The number of pyridine rings is 5. The summed E-state index contributed by atoms with van der Waals surface area (Å²) in [5.74, 6) is -0.199. The Labute approximate surface area is 665 Å². The molecule has 107 heavy (non-hydrogen) atoms. The number of hydrogen-bond donors (Lipinski definition) is 0. The van der Waals surface area contributed by atoms with Crippen LogP contribution in [0.15, 0.2) is 152 Å². The van der Waals surface area contributed by atoms with Crippen LogP contribution in [0.2, 0.25) is 0 Å². The third-order valence-corrected chi connectivity index (χ3v) is 28.4. The van der Waals surface area contributed by atoms with Crippen molar-refractivity contribution in [1.82, 2.24) is 0 Å². The molecule has 5 saturated carbocycles. The van der Waals surface area contributed by atoms with E-state index in [2.05, 4.69) is 176 Å². The Balaban J connectivity index is 0.000000119. The van der Waals surface area contributed by atoms with E-state index in [1.54, 1.807) is 58.7 Å². The molecule has 10 aromatic rings. The number of aryl methyl sites for hydroxylation is 15. The predicted octanol–water partition coefficient (Wildman–Crippen LogP) is 22.7. The van der Waals surface area contributed by atoms with Gasteiger partial charge in [0.1, 0.15) is 35.2 Å². The van der Waals surface area contributed by atoms with Gasteiger partial charge in [0, 0.05) is 117 Å². The molecule has 5 aromatic carbocycles. The van der Waals surface area contributed by atoms with Crippen molar-refractivity contribution in [2.75, 3.05) is 0 Å². The van der Waals surface area contributed by atoms with E-state index in [-0.39, 0.29) is 24.2 Å². The fourth-order valence-electron chi connectivity index (χ4n) is 21.4. The number of nitrogens with zero attached hydrogens (tertiary/aromatic N) is 5. The van der Waals surface area contributed by atoms with Gasteiger partial charge < -0.3 is 0 Å². The second-order valence-corrected chi connectivity index (χ2v) is 35.4. The zero-order valence-electron chi connectivity index (χ0n) is 81.5. The minimum absolute atomic E-state index is 0. The van der Waals surface area contributed by atoms with E-state index in [1.807, 2.05) is 87.7 Å². The van der Waals surface area contributed by atoms with E-state index in [0.717, 1.165) is 110 Å². The summed E-state index contributed by atoms with van der Waals surface area (Å²) in [4.78, 5) is 0. The van der Waals surface area contributed by atoms with Crippen molar-refractivity contribution >= 4 is 0 Å². The van der Waals surface area contributed by atoms with Crippen molar-refractivity contribution < 1.29 is 43.4 Å². The average molecular weight is 1440 g/mol. The second kappa shape index (κ2) is 27.5. The SMILES string of the molecule is C.Cc1ccc(-c2cc3c(c[n+]2C)C2(C)CCC3C2(C)C)c(C)c1.Cc1ccc(-c2cc3c(c[n+]2C)C2CCC3C2)c(C)c1.[2H]C([2H])([2H])c1ccc(-c2cc3c(c[n+]2C)C([2H])([2H])C2CC3([2H])C2)c(C)c1.[2H]C([2H])([2H])c1ccc(-c2cc3c(c[n+]2C)C2(C)CCC3([2H])C2(C)C)c(C)c1.[2H]C([2H])([2H])c1ccc(-c2cc3c(c[n+]2C)C2([2H])CCC3([2H])C2)c(C)c1. The molecule has 0 saturated heterocycles. The van der Waals surface area contributed by atoms with Crippen LogP contribution in [0.3, 0.4) is 0 Å².